The smallest absolute Gasteiger partial charge is 0.225 e. The van der Waals surface area contributed by atoms with Crippen LogP contribution in [-0.2, 0) is 5.54 Å². The Balaban J connectivity index is 0.00000210. The molecule has 0 fully saturated rings. The molecular formula is C31H24Br4F2N2. The Kier molecular flexibility index (Phi) is 11.1. The summed E-state index contributed by atoms with van der Waals surface area (Å²) >= 11 is 7.96. The summed E-state index contributed by atoms with van der Waals surface area (Å²) in [5.41, 5.74) is 3.71. The lowest BCUT2D eigenvalue weighted by Crippen LogP contribution is -3.00. The van der Waals surface area contributed by atoms with Crippen LogP contribution < -0.4 is 21.5 Å². The van der Waals surface area contributed by atoms with Gasteiger partial charge in [0.25, 0.3) is 0 Å². The quantitative estimate of drug-likeness (QED) is 0.148. The molecule has 0 aliphatic rings. The lowest BCUT2D eigenvalue weighted by molar-refractivity contribution is -0.754. The molecule has 2 nitrogen and oxygen atoms in total. The Hall–Kier alpha value is -2.26. The summed E-state index contributed by atoms with van der Waals surface area (Å²) in [5, 5.41) is 0. The lowest BCUT2D eigenvalue weighted by atomic mass is 9.78. The second-order valence-electron chi connectivity index (χ2n) is 8.76. The Morgan fingerprint density at radius 2 is 1.13 bits per heavy atom. The van der Waals surface area contributed by atoms with E-state index in [1.54, 1.807) is 24.5 Å². The van der Waals surface area contributed by atoms with Crippen LogP contribution in [0.25, 0.3) is 11.1 Å². The number of halogens is 6. The lowest BCUT2D eigenvalue weighted by Gasteiger charge is -2.38. The van der Waals surface area contributed by atoms with Crippen LogP contribution in [0.15, 0.2) is 128 Å². The van der Waals surface area contributed by atoms with Gasteiger partial charge in [0.05, 0.1) is 0 Å². The van der Waals surface area contributed by atoms with E-state index >= 15 is 0 Å². The fourth-order valence-corrected chi connectivity index (χ4v) is 7.24. The summed E-state index contributed by atoms with van der Waals surface area (Å²) in [7, 11) is 0. The molecule has 0 bridgehead atoms. The van der Waals surface area contributed by atoms with Crippen LogP contribution >= 0.6 is 48.8 Å². The number of alkyl halides is 2. The molecule has 2 atom stereocenters. The molecule has 0 aliphatic heterocycles. The molecule has 0 saturated heterocycles. The van der Waals surface area contributed by atoms with E-state index in [1.807, 2.05) is 79.1 Å². The van der Waals surface area contributed by atoms with E-state index in [4.69, 9.17) is 0 Å². The first-order chi connectivity index (χ1) is 18.0. The fourth-order valence-electron chi connectivity index (χ4n) is 4.78. The highest BCUT2D eigenvalue weighted by molar-refractivity contribution is 9.10. The third-order valence-corrected chi connectivity index (χ3v) is 9.02. The molecule has 0 N–H and O–H groups in total. The normalized spacial score (nSPS) is 13.7. The van der Waals surface area contributed by atoms with Crippen LogP contribution in [0.5, 0.6) is 0 Å². The van der Waals surface area contributed by atoms with Gasteiger partial charge in [-0.25, -0.2) is 8.78 Å². The van der Waals surface area contributed by atoms with Gasteiger partial charge in [-0.15, -0.1) is 17.0 Å². The largest absolute Gasteiger partial charge is 1.00 e. The molecule has 0 saturated carbocycles. The van der Waals surface area contributed by atoms with Gasteiger partial charge in [0.1, 0.15) is 21.3 Å². The minimum absolute atomic E-state index is 0. The number of benzene rings is 3. The van der Waals surface area contributed by atoms with Crippen molar-refractivity contribution in [3.05, 3.63) is 156 Å². The molecule has 5 rings (SSSR count). The average Bonchev–Trinajstić information content (AvgIpc) is 2.95. The van der Waals surface area contributed by atoms with Crippen LogP contribution in [0.1, 0.15) is 26.3 Å². The third kappa shape index (κ3) is 6.40. The molecule has 0 radical (unpaired) electrons. The molecule has 39 heavy (non-hydrogen) atoms. The van der Waals surface area contributed by atoms with Gasteiger partial charge in [-0.05, 0) is 58.7 Å². The number of pyridine rings is 2. The molecule has 3 aromatic carbocycles. The number of rotatable bonds is 7. The number of nitrogens with zero attached hydrogens (tertiary/aromatic N) is 2. The van der Waals surface area contributed by atoms with E-state index in [0.717, 1.165) is 27.8 Å². The Morgan fingerprint density at radius 1 is 0.641 bits per heavy atom. The maximum absolute atomic E-state index is 14.4. The van der Waals surface area contributed by atoms with Crippen molar-refractivity contribution in [2.45, 2.75) is 15.2 Å². The van der Waals surface area contributed by atoms with Crippen molar-refractivity contribution in [3.8, 4) is 11.1 Å². The predicted octanol–water partition coefficient (Wildman–Crippen LogP) is 5.91. The first-order valence-corrected chi connectivity index (χ1v) is 13.6. The minimum Gasteiger partial charge on any atom is -1.00 e. The van der Waals surface area contributed by atoms with Gasteiger partial charge in [0, 0.05) is 30.1 Å². The van der Waals surface area contributed by atoms with Crippen molar-refractivity contribution in [1.82, 2.24) is 4.98 Å². The highest BCUT2D eigenvalue weighted by atomic mass is 79.9. The third-order valence-electron chi connectivity index (χ3n) is 6.56. The molecule has 2 unspecified atom stereocenters. The summed E-state index contributed by atoms with van der Waals surface area (Å²) in [4.78, 5) is 3.32. The summed E-state index contributed by atoms with van der Waals surface area (Å²) in [6.07, 6.45) is 7.57. The predicted molar refractivity (Wildman–Crippen MR) is 160 cm³/mol. The van der Waals surface area contributed by atoms with Crippen molar-refractivity contribution in [2.24, 2.45) is 0 Å². The molecule has 2 heterocycles. The van der Waals surface area contributed by atoms with Gasteiger partial charge >= 0.3 is 0 Å². The van der Waals surface area contributed by atoms with E-state index in [9.17, 15) is 8.78 Å². The second kappa shape index (κ2) is 13.9. The van der Waals surface area contributed by atoms with Crippen LogP contribution in [0.2, 0.25) is 0 Å². The number of aromatic nitrogens is 2. The zero-order valence-electron chi connectivity index (χ0n) is 20.5. The van der Waals surface area contributed by atoms with Crippen LogP contribution in [0, 0.1) is 11.6 Å². The highest BCUT2D eigenvalue weighted by Crippen LogP contribution is 2.52. The first kappa shape index (κ1) is 31.3. The zero-order valence-corrected chi connectivity index (χ0v) is 26.9. The summed E-state index contributed by atoms with van der Waals surface area (Å²) in [6.45, 7) is 0. The minimum atomic E-state index is -0.861. The molecular weight excluding hydrogens is 758 g/mol. The molecule has 2 aromatic heterocycles. The van der Waals surface area contributed by atoms with Crippen molar-refractivity contribution in [3.63, 3.8) is 0 Å². The molecule has 8 heteroatoms. The van der Waals surface area contributed by atoms with Gasteiger partial charge < -0.3 is 17.0 Å². The van der Waals surface area contributed by atoms with Gasteiger partial charge in [-0.2, -0.15) is 4.57 Å². The standard InChI is InChI=1S/C31H23Br2F2N2.2BrH/c32-29(24-6-4-10-27(34)20-24)31(26-8-2-1-3-9-26,30(33)25-7-5-11-28(35)21-25)37-18-14-23(15-19-37)22-12-16-36-17-13-22;;/h1-21,29-30H;2*1H/q+1;;/p-1. The zero-order chi connectivity index (χ0) is 25.8. The number of hydrogen-bond acceptors (Lipinski definition) is 1. The second-order valence-corrected chi connectivity index (χ2v) is 10.6. The molecule has 200 valence electrons. The van der Waals surface area contributed by atoms with E-state index in [-0.39, 0.29) is 45.6 Å². The van der Waals surface area contributed by atoms with Gasteiger partial charge in [0.15, 0.2) is 12.4 Å². The Labute approximate surface area is 264 Å². The van der Waals surface area contributed by atoms with Gasteiger partial charge in [-0.3, -0.25) is 4.98 Å². The van der Waals surface area contributed by atoms with E-state index in [0.29, 0.717) is 0 Å². The molecule has 0 spiro atoms. The molecule has 5 aromatic rings. The topological polar surface area (TPSA) is 16.8 Å². The van der Waals surface area contributed by atoms with Crippen LogP contribution in [-0.4, -0.2) is 4.98 Å². The van der Waals surface area contributed by atoms with Crippen LogP contribution in [0.4, 0.5) is 8.78 Å². The monoisotopic (exact) mass is 778 g/mol. The van der Waals surface area contributed by atoms with E-state index < -0.39 is 15.2 Å². The summed E-state index contributed by atoms with van der Waals surface area (Å²) in [5.74, 6) is -0.641. The first-order valence-electron chi connectivity index (χ1n) is 11.8. The molecule has 0 aliphatic carbocycles. The Bertz CT molecular complexity index is 1430. The van der Waals surface area contributed by atoms with E-state index in [1.165, 1.54) is 24.3 Å². The number of hydrogen-bond donors (Lipinski definition) is 0. The summed E-state index contributed by atoms with van der Waals surface area (Å²) < 4.78 is 31.0. The average molecular weight is 782 g/mol. The SMILES string of the molecule is Br.Fc1cccc(C(Br)C(c2ccccc2)(C(Br)c2cccc(F)c2)[n+]2ccc(-c3ccncc3)cc2)c1.[Br-]. The van der Waals surface area contributed by atoms with Crippen molar-refractivity contribution < 1.29 is 30.3 Å². The maximum atomic E-state index is 14.4. The van der Waals surface area contributed by atoms with Gasteiger partial charge in [0.2, 0.25) is 5.54 Å². The summed E-state index contributed by atoms with van der Waals surface area (Å²) in [6, 6.07) is 31.2. The van der Waals surface area contributed by atoms with Crippen molar-refractivity contribution in [2.75, 3.05) is 0 Å². The van der Waals surface area contributed by atoms with Crippen molar-refractivity contribution in [1.29, 1.82) is 0 Å². The van der Waals surface area contributed by atoms with Gasteiger partial charge in [-0.1, -0.05) is 86.5 Å². The van der Waals surface area contributed by atoms with Crippen molar-refractivity contribution >= 4 is 48.8 Å². The van der Waals surface area contributed by atoms with E-state index in [2.05, 4.69) is 41.4 Å². The van der Waals surface area contributed by atoms with Crippen LogP contribution in [0.3, 0.4) is 0 Å². The fraction of sp³-hybridized carbons (Fsp3) is 0.0968. The maximum Gasteiger partial charge on any atom is 0.225 e. The highest BCUT2D eigenvalue weighted by Gasteiger charge is 2.55. The molecule has 0 amide bonds. The Morgan fingerprint density at radius 3 is 1.62 bits per heavy atom.